The molecule has 5 nitrogen and oxygen atoms in total. The molecule has 0 aromatic rings. The van der Waals surface area contributed by atoms with Gasteiger partial charge in [0.25, 0.3) is 0 Å². The van der Waals surface area contributed by atoms with Gasteiger partial charge in [0.15, 0.2) is 0 Å². The van der Waals surface area contributed by atoms with Gasteiger partial charge in [0, 0.05) is 13.2 Å². The van der Waals surface area contributed by atoms with E-state index in [4.69, 9.17) is 14.6 Å². The molecule has 22 heavy (non-hydrogen) atoms. The number of unbranched alkanes of at least 4 members (excludes halogenated alkanes) is 2. The summed E-state index contributed by atoms with van der Waals surface area (Å²) in [5, 5.41) is 8.99. The van der Waals surface area contributed by atoms with Gasteiger partial charge in [-0.05, 0) is 46.5 Å². The number of carbonyl (C=O) groups is 2. The summed E-state index contributed by atoms with van der Waals surface area (Å²) in [6.45, 7) is 9.01. The van der Waals surface area contributed by atoms with E-state index in [-0.39, 0.29) is 11.9 Å². The zero-order valence-electron chi connectivity index (χ0n) is 14.5. The Kier molecular flexibility index (Phi) is 10.9. The van der Waals surface area contributed by atoms with Crippen LogP contribution in [0.1, 0.15) is 66.2 Å². The lowest BCUT2D eigenvalue weighted by atomic mass is 9.87. The van der Waals surface area contributed by atoms with Crippen LogP contribution in [0.3, 0.4) is 0 Å². The lowest BCUT2D eigenvalue weighted by Crippen LogP contribution is -2.23. The molecule has 0 saturated carbocycles. The fourth-order valence-corrected chi connectivity index (χ4v) is 2.04. The van der Waals surface area contributed by atoms with Gasteiger partial charge in [-0.2, -0.15) is 0 Å². The lowest BCUT2D eigenvalue weighted by molar-refractivity contribution is -0.148. The topological polar surface area (TPSA) is 72.8 Å². The minimum absolute atomic E-state index is 0.0433. The number of ether oxygens (including phenoxy) is 2. The number of esters is 1. The molecule has 130 valence electrons. The molecular weight excluding hydrogens is 284 g/mol. The first-order valence-corrected chi connectivity index (χ1v) is 8.29. The third kappa shape index (κ3) is 9.77. The maximum absolute atomic E-state index is 11.4. The van der Waals surface area contributed by atoms with Crippen molar-refractivity contribution in [1.82, 2.24) is 0 Å². The van der Waals surface area contributed by atoms with Crippen LogP contribution in [0.25, 0.3) is 0 Å². The number of carboxylic acids is 1. The molecule has 5 heteroatoms. The Morgan fingerprint density at radius 3 is 2.23 bits per heavy atom. The molecule has 0 saturated heterocycles. The molecule has 0 aliphatic rings. The zero-order chi connectivity index (χ0) is 17.0. The van der Waals surface area contributed by atoms with Gasteiger partial charge in [-0.25, -0.2) is 0 Å². The SMILES string of the molecule is CCOC(=O)C(C)CCCCOCCCCC(C)(C)C(=O)O. The molecule has 1 atom stereocenters. The first kappa shape index (κ1) is 20.9. The van der Waals surface area contributed by atoms with Gasteiger partial charge >= 0.3 is 11.9 Å². The van der Waals surface area contributed by atoms with E-state index in [9.17, 15) is 9.59 Å². The molecule has 0 aliphatic heterocycles. The third-order valence-electron chi connectivity index (χ3n) is 3.78. The van der Waals surface area contributed by atoms with Gasteiger partial charge in [-0.1, -0.05) is 19.8 Å². The number of rotatable bonds is 13. The predicted molar refractivity (Wildman–Crippen MR) is 85.7 cm³/mol. The van der Waals surface area contributed by atoms with E-state index in [1.54, 1.807) is 13.8 Å². The van der Waals surface area contributed by atoms with Crippen molar-refractivity contribution in [2.24, 2.45) is 11.3 Å². The van der Waals surface area contributed by atoms with Crippen LogP contribution in [0, 0.1) is 11.3 Å². The Bertz CT molecular complexity index is 325. The van der Waals surface area contributed by atoms with Crippen molar-refractivity contribution in [1.29, 1.82) is 0 Å². The summed E-state index contributed by atoms with van der Waals surface area (Å²) in [6.07, 6.45) is 5.13. The van der Waals surface area contributed by atoms with Crippen molar-refractivity contribution < 1.29 is 24.2 Å². The molecule has 0 amide bonds. The number of hydrogen-bond donors (Lipinski definition) is 1. The molecule has 0 fully saturated rings. The highest BCUT2D eigenvalue weighted by Gasteiger charge is 2.25. The van der Waals surface area contributed by atoms with Crippen LogP contribution < -0.4 is 0 Å². The number of hydrogen-bond acceptors (Lipinski definition) is 4. The van der Waals surface area contributed by atoms with Crippen molar-refractivity contribution in [3.05, 3.63) is 0 Å². The summed E-state index contributed by atoms with van der Waals surface area (Å²) in [7, 11) is 0. The average molecular weight is 316 g/mol. The highest BCUT2D eigenvalue weighted by atomic mass is 16.5. The van der Waals surface area contributed by atoms with Gasteiger partial charge in [0.2, 0.25) is 0 Å². The molecule has 0 radical (unpaired) electrons. The summed E-state index contributed by atoms with van der Waals surface area (Å²) in [6, 6.07) is 0. The largest absolute Gasteiger partial charge is 0.481 e. The van der Waals surface area contributed by atoms with Crippen LogP contribution in [-0.2, 0) is 19.1 Å². The second kappa shape index (κ2) is 11.5. The summed E-state index contributed by atoms with van der Waals surface area (Å²) >= 11 is 0. The van der Waals surface area contributed by atoms with Crippen LogP contribution in [0.5, 0.6) is 0 Å². The van der Waals surface area contributed by atoms with Crippen LogP contribution in [-0.4, -0.2) is 36.9 Å². The summed E-state index contributed by atoms with van der Waals surface area (Å²) in [5.41, 5.74) is -0.650. The molecule has 0 rings (SSSR count). The minimum atomic E-state index is -0.746. The number of carbonyl (C=O) groups excluding carboxylic acids is 1. The molecule has 0 aromatic carbocycles. The summed E-state index contributed by atoms with van der Waals surface area (Å²) in [4.78, 5) is 22.4. The van der Waals surface area contributed by atoms with E-state index in [0.717, 1.165) is 32.1 Å². The molecule has 0 bridgehead atoms. The van der Waals surface area contributed by atoms with Crippen molar-refractivity contribution in [2.75, 3.05) is 19.8 Å². The normalized spacial score (nSPS) is 12.9. The minimum Gasteiger partial charge on any atom is -0.481 e. The standard InChI is InChI=1S/C17H32O5/c1-5-22-15(18)14(2)10-6-8-12-21-13-9-7-11-17(3,4)16(19)20/h14H,5-13H2,1-4H3,(H,19,20). The van der Waals surface area contributed by atoms with Gasteiger partial charge in [0.05, 0.1) is 17.9 Å². The van der Waals surface area contributed by atoms with E-state index < -0.39 is 11.4 Å². The van der Waals surface area contributed by atoms with E-state index in [1.165, 1.54) is 0 Å². The van der Waals surface area contributed by atoms with E-state index in [0.29, 0.717) is 26.2 Å². The molecule has 0 heterocycles. The molecule has 0 aliphatic carbocycles. The summed E-state index contributed by atoms with van der Waals surface area (Å²) < 4.78 is 10.5. The molecule has 1 N–H and O–H groups in total. The number of carboxylic acid groups (broad SMARTS) is 1. The predicted octanol–water partition coefficient (Wildman–Crippen LogP) is 3.65. The quantitative estimate of drug-likeness (QED) is 0.415. The van der Waals surface area contributed by atoms with Crippen LogP contribution in [0.2, 0.25) is 0 Å². The molecule has 1 unspecified atom stereocenters. The maximum Gasteiger partial charge on any atom is 0.309 e. The van der Waals surface area contributed by atoms with Crippen molar-refractivity contribution in [2.45, 2.75) is 66.2 Å². The van der Waals surface area contributed by atoms with E-state index in [1.807, 2.05) is 13.8 Å². The van der Waals surface area contributed by atoms with Crippen molar-refractivity contribution in [3.63, 3.8) is 0 Å². The fourth-order valence-electron chi connectivity index (χ4n) is 2.04. The van der Waals surface area contributed by atoms with Crippen LogP contribution >= 0.6 is 0 Å². The average Bonchev–Trinajstić information content (AvgIpc) is 2.45. The maximum atomic E-state index is 11.4. The number of aliphatic carboxylic acids is 1. The second-order valence-electron chi connectivity index (χ2n) is 6.41. The van der Waals surface area contributed by atoms with Gasteiger partial charge in [0.1, 0.15) is 0 Å². The van der Waals surface area contributed by atoms with Crippen molar-refractivity contribution >= 4 is 11.9 Å². The Labute approximate surface area is 134 Å². The first-order valence-electron chi connectivity index (χ1n) is 8.29. The lowest BCUT2D eigenvalue weighted by Gasteiger charge is -2.18. The highest BCUT2D eigenvalue weighted by molar-refractivity contribution is 5.73. The third-order valence-corrected chi connectivity index (χ3v) is 3.78. The van der Waals surface area contributed by atoms with Gasteiger partial charge < -0.3 is 14.6 Å². The second-order valence-corrected chi connectivity index (χ2v) is 6.41. The Morgan fingerprint density at radius 2 is 1.68 bits per heavy atom. The Morgan fingerprint density at radius 1 is 1.09 bits per heavy atom. The van der Waals surface area contributed by atoms with Crippen molar-refractivity contribution in [3.8, 4) is 0 Å². The monoisotopic (exact) mass is 316 g/mol. The molecule has 0 aromatic heterocycles. The smallest absolute Gasteiger partial charge is 0.309 e. The highest BCUT2D eigenvalue weighted by Crippen LogP contribution is 2.23. The molecular formula is C17H32O5. The first-order chi connectivity index (χ1) is 10.3. The van der Waals surface area contributed by atoms with Crippen LogP contribution in [0.15, 0.2) is 0 Å². The van der Waals surface area contributed by atoms with Gasteiger partial charge in [-0.15, -0.1) is 0 Å². The summed E-state index contributed by atoms with van der Waals surface area (Å²) in [5.74, 6) is -0.910. The molecule has 0 spiro atoms. The zero-order valence-corrected chi connectivity index (χ0v) is 14.5. The van der Waals surface area contributed by atoms with E-state index in [2.05, 4.69) is 0 Å². The van der Waals surface area contributed by atoms with E-state index >= 15 is 0 Å². The Balaban J connectivity index is 3.44. The van der Waals surface area contributed by atoms with Crippen LogP contribution in [0.4, 0.5) is 0 Å². The Hall–Kier alpha value is -1.10. The fraction of sp³-hybridized carbons (Fsp3) is 0.882. The van der Waals surface area contributed by atoms with Gasteiger partial charge in [-0.3, -0.25) is 9.59 Å².